The third kappa shape index (κ3) is 6.01. The van der Waals surface area contributed by atoms with E-state index in [0.29, 0.717) is 0 Å². The third-order valence-electron chi connectivity index (χ3n) is 5.78. The average molecular weight is 421 g/mol. The summed E-state index contributed by atoms with van der Waals surface area (Å²) in [5.41, 5.74) is 5.05. The summed E-state index contributed by atoms with van der Waals surface area (Å²) in [6.07, 6.45) is 4.82. The van der Waals surface area contributed by atoms with Crippen molar-refractivity contribution in [2.24, 2.45) is 0 Å². The van der Waals surface area contributed by atoms with Gasteiger partial charge >= 0.3 is 0 Å². The van der Waals surface area contributed by atoms with Crippen LogP contribution in [0.3, 0.4) is 0 Å². The smallest absolute Gasteiger partial charge is 0.0410 e. The zero-order valence-corrected chi connectivity index (χ0v) is 18.7. The lowest BCUT2D eigenvalue weighted by Gasteiger charge is -2.26. The van der Waals surface area contributed by atoms with Gasteiger partial charge in [0.05, 0.1) is 0 Å². The number of hydrogen-bond acceptors (Lipinski definition) is 2. The Morgan fingerprint density at radius 1 is 0.312 bits per heavy atom. The molecule has 0 radical (unpaired) electrons. The first-order valence-corrected chi connectivity index (χ1v) is 11.7. The number of hydrogen-bond donors (Lipinski definition) is 0. The number of para-hydroxylation sites is 4. The van der Waals surface area contributed by atoms with Crippen LogP contribution in [0, 0.1) is 0 Å². The maximum atomic E-state index is 2.43. The third-order valence-corrected chi connectivity index (χ3v) is 5.78. The molecule has 0 aliphatic carbocycles. The van der Waals surface area contributed by atoms with Crippen molar-refractivity contribution < 1.29 is 0 Å². The molecule has 0 aliphatic rings. The molecule has 0 amide bonds. The van der Waals surface area contributed by atoms with Gasteiger partial charge in [-0.25, -0.2) is 0 Å². The molecule has 0 spiro atoms. The van der Waals surface area contributed by atoms with Crippen LogP contribution in [0.1, 0.15) is 25.7 Å². The Balaban J connectivity index is 1.31. The van der Waals surface area contributed by atoms with Gasteiger partial charge in [0.25, 0.3) is 0 Å². The predicted octanol–water partition coefficient (Wildman–Crippen LogP) is 8.22. The van der Waals surface area contributed by atoms with Gasteiger partial charge in [0.1, 0.15) is 0 Å². The van der Waals surface area contributed by atoms with Crippen LogP contribution in [0.15, 0.2) is 121 Å². The van der Waals surface area contributed by atoms with Gasteiger partial charge < -0.3 is 9.80 Å². The van der Waals surface area contributed by atoms with E-state index in [1.807, 2.05) is 0 Å². The zero-order valence-electron chi connectivity index (χ0n) is 18.7. The fraction of sp³-hybridized carbons (Fsp3) is 0.200. The SMILES string of the molecule is c1ccc(N(CCCCCCN(c2ccccc2)c2ccccc2)c2ccccc2)cc1. The van der Waals surface area contributed by atoms with Crippen molar-refractivity contribution in [2.45, 2.75) is 25.7 Å². The Bertz CT molecular complexity index is 851. The summed E-state index contributed by atoms with van der Waals surface area (Å²) >= 11 is 0. The fourth-order valence-electron chi connectivity index (χ4n) is 4.14. The first-order valence-electron chi connectivity index (χ1n) is 11.7. The van der Waals surface area contributed by atoms with Crippen molar-refractivity contribution in [2.75, 3.05) is 22.9 Å². The highest BCUT2D eigenvalue weighted by Gasteiger charge is 2.10. The van der Waals surface area contributed by atoms with E-state index in [9.17, 15) is 0 Å². The summed E-state index contributed by atoms with van der Waals surface area (Å²) < 4.78 is 0. The Morgan fingerprint density at radius 3 is 0.812 bits per heavy atom. The molecule has 0 fully saturated rings. The molecular weight excluding hydrogens is 388 g/mol. The molecule has 0 heterocycles. The Hall–Kier alpha value is -3.52. The van der Waals surface area contributed by atoms with Crippen LogP contribution in [0.2, 0.25) is 0 Å². The number of nitrogens with zero attached hydrogens (tertiary/aromatic N) is 2. The summed E-state index contributed by atoms with van der Waals surface area (Å²) in [5, 5.41) is 0. The summed E-state index contributed by atoms with van der Waals surface area (Å²) in [6.45, 7) is 2.07. The van der Waals surface area contributed by atoms with Crippen LogP contribution in [0.5, 0.6) is 0 Å². The quantitative estimate of drug-likeness (QED) is 0.225. The first kappa shape index (κ1) is 21.7. The normalized spacial score (nSPS) is 10.6. The molecule has 32 heavy (non-hydrogen) atoms. The van der Waals surface area contributed by atoms with Crippen LogP contribution in [-0.2, 0) is 0 Å². The fourth-order valence-corrected chi connectivity index (χ4v) is 4.14. The first-order chi connectivity index (χ1) is 15.9. The maximum absolute atomic E-state index is 2.43. The minimum atomic E-state index is 1.04. The molecular formula is C30H32N2. The molecule has 0 N–H and O–H groups in total. The highest BCUT2D eigenvalue weighted by molar-refractivity contribution is 5.63. The molecule has 4 aromatic carbocycles. The average Bonchev–Trinajstić information content (AvgIpc) is 2.88. The van der Waals surface area contributed by atoms with E-state index in [1.165, 1.54) is 48.4 Å². The molecule has 4 rings (SSSR count). The highest BCUT2D eigenvalue weighted by atomic mass is 15.1. The molecule has 2 heteroatoms. The molecule has 0 saturated heterocycles. The van der Waals surface area contributed by atoms with Crippen molar-refractivity contribution in [1.29, 1.82) is 0 Å². The van der Waals surface area contributed by atoms with E-state index in [-0.39, 0.29) is 0 Å². The number of benzene rings is 4. The van der Waals surface area contributed by atoms with Crippen LogP contribution < -0.4 is 9.80 Å². The lowest BCUT2D eigenvalue weighted by molar-refractivity contribution is 0.644. The Kier molecular flexibility index (Phi) is 7.97. The van der Waals surface area contributed by atoms with Gasteiger partial charge in [-0.15, -0.1) is 0 Å². The molecule has 0 aromatic heterocycles. The van der Waals surface area contributed by atoms with E-state index in [2.05, 4.69) is 131 Å². The van der Waals surface area contributed by atoms with Crippen LogP contribution in [-0.4, -0.2) is 13.1 Å². The van der Waals surface area contributed by atoms with E-state index in [4.69, 9.17) is 0 Å². The second-order valence-electron chi connectivity index (χ2n) is 8.06. The highest BCUT2D eigenvalue weighted by Crippen LogP contribution is 2.27. The Morgan fingerprint density at radius 2 is 0.562 bits per heavy atom. The summed E-state index contributed by atoms with van der Waals surface area (Å²) in [6, 6.07) is 42.9. The molecule has 162 valence electrons. The van der Waals surface area contributed by atoms with E-state index in [1.54, 1.807) is 0 Å². The van der Waals surface area contributed by atoms with Crippen molar-refractivity contribution in [3.63, 3.8) is 0 Å². The molecule has 4 aromatic rings. The lowest BCUT2D eigenvalue weighted by atomic mass is 10.1. The standard InChI is InChI=1S/C30H32N2/c1(15-25-31(27-17-7-3-8-18-27)28-19-9-4-10-20-28)2-16-26-32(29-21-11-5-12-22-29)30-23-13-6-14-24-30/h3-14,17-24H,1-2,15-16,25-26H2. The second-order valence-corrected chi connectivity index (χ2v) is 8.06. The van der Waals surface area contributed by atoms with Gasteiger partial charge in [-0.05, 0) is 61.4 Å². The summed E-state index contributed by atoms with van der Waals surface area (Å²) in [7, 11) is 0. The van der Waals surface area contributed by atoms with Crippen LogP contribution in [0.4, 0.5) is 22.7 Å². The molecule has 0 unspecified atom stereocenters. The number of anilines is 4. The molecule has 0 atom stereocenters. The molecule has 2 nitrogen and oxygen atoms in total. The van der Waals surface area contributed by atoms with Gasteiger partial charge in [0, 0.05) is 35.8 Å². The minimum absolute atomic E-state index is 1.04. The topological polar surface area (TPSA) is 6.48 Å². The lowest BCUT2D eigenvalue weighted by Crippen LogP contribution is -2.19. The van der Waals surface area contributed by atoms with Gasteiger partial charge in [-0.3, -0.25) is 0 Å². The Labute approximate surface area is 192 Å². The van der Waals surface area contributed by atoms with Crippen molar-refractivity contribution in [3.05, 3.63) is 121 Å². The molecule has 0 aliphatic heterocycles. The number of unbranched alkanes of at least 4 members (excludes halogenated alkanes) is 3. The van der Waals surface area contributed by atoms with E-state index >= 15 is 0 Å². The van der Waals surface area contributed by atoms with Crippen molar-refractivity contribution in [1.82, 2.24) is 0 Å². The van der Waals surface area contributed by atoms with Gasteiger partial charge in [0.2, 0.25) is 0 Å². The monoisotopic (exact) mass is 420 g/mol. The van der Waals surface area contributed by atoms with Crippen molar-refractivity contribution in [3.8, 4) is 0 Å². The molecule has 0 bridgehead atoms. The molecule has 0 saturated carbocycles. The van der Waals surface area contributed by atoms with Crippen LogP contribution in [0.25, 0.3) is 0 Å². The van der Waals surface area contributed by atoms with Gasteiger partial charge in [0.15, 0.2) is 0 Å². The predicted molar refractivity (Wildman–Crippen MR) is 138 cm³/mol. The van der Waals surface area contributed by atoms with Crippen molar-refractivity contribution >= 4 is 22.7 Å². The van der Waals surface area contributed by atoms with E-state index < -0.39 is 0 Å². The second kappa shape index (κ2) is 11.8. The minimum Gasteiger partial charge on any atom is -0.341 e. The zero-order chi connectivity index (χ0) is 21.8. The van der Waals surface area contributed by atoms with Gasteiger partial charge in [-0.1, -0.05) is 85.6 Å². The summed E-state index contributed by atoms with van der Waals surface area (Å²) in [4.78, 5) is 4.86. The van der Waals surface area contributed by atoms with Crippen LogP contribution >= 0.6 is 0 Å². The maximum Gasteiger partial charge on any atom is 0.0410 e. The largest absolute Gasteiger partial charge is 0.341 e. The van der Waals surface area contributed by atoms with Gasteiger partial charge in [-0.2, -0.15) is 0 Å². The van der Waals surface area contributed by atoms with E-state index in [0.717, 1.165) is 13.1 Å². The summed E-state index contributed by atoms with van der Waals surface area (Å²) in [5.74, 6) is 0. The number of rotatable bonds is 11.